The number of Topliss-reactive ketones (excluding diaryl/α,β-unsaturated/α-hetero) is 2. The molecule has 0 aliphatic carbocycles. The van der Waals surface area contributed by atoms with Crippen LogP contribution in [0.5, 0.6) is 0 Å². The molecule has 1 aromatic carbocycles. The maximum absolute atomic E-state index is 12.3. The first-order valence-electron chi connectivity index (χ1n) is 7.88. The van der Waals surface area contributed by atoms with E-state index in [0.717, 1.165) is 10.5 Å². The second-order valence-corrected chi connectivity index (χ2v) is 6.84. The summed E-state index contributed by atoms with van der Waals surface area (Å²) in [5.41, 5.74) is 3.17. The van der Waals surface area contributed by atoms with E-state index in [2.05, 4.69) is 4.98 Å². The highest BCUT2D eigenvalue weighted by Gasteiger charge is 2.20. The van der Waals surface area contributed by atoms with Gasteiger partial charge < -0.3 is 9.72 Å². The third-order valence-corrected chi connectivity index (χ3v) is 5.02. The number of hydrogen-bond acceptors (Lipinski definition) is 5. The van der Waals surface area contributed by atoms with Crippen molar-refractivity contribution in [3.63, 3.8) is 0 Å². The molecule has 1 N–H and O–H groups in total. The van der Waals surface area contributed by atoms with Crippen LogP contribution in [0.25, 0.3) is 0 Å². The average molecular weight is 359 g/mol. The minimum atomic E-state index is -0.450. The van der Waals surface area contributed by atoms with E-state index >= 15 is 0 Å². The molecule has 0 fully saturated rings. The lowest BCUT2D eigenvalue weighted by Gasteiger charge is -2.06. The molecule has 0 aliphatic rings. The molecule has 0 radical (unpaired) electrons. The molecule has 0 atom stereocenters. The van der Waals surface area contributed by atoms with Crippen molar-refractivity contribution >= 4 is 29.3 Å². The van der Waals surface area contributed by atoms with Crippen LogP contribution < -0.4 is 0 Å². The molecule has 1 heterocycles. The van der Waals surface area contributed by atoms with E-state index < -0.39 is 5.97 Å². The Balaban J connectivity index is 1.92. The van der Waals surface area contributed by atoms with E-state index in [1.165, 1.54) is 18.7 Å². The first-order chi connectivity index (χ1) is 11.8. The van der Waals surface area contributed by atoms with Crippen molar-refractivity contribution in [3.8, 4) is 0 Å². The molecule has 0 bridgehead atoms. The molecule has 0 unspecified atom stereocenters. The van der Waals surface area contributed by atoms with Crippen LogP contribution in [0.15, 0.2) is 29.2 Å². The van der Waals surface area contributed by atoms with Crippen LogP contribution in [0.2, 0.25) is 0 Å². The molecule has 0 saturated heterocycles. The Morgan fingerprint density at radius 3 is 2.40 bits per heavy atom. The molecule has 1 aromatic heterocycles. The number of ketones is 2. The summed E-state index contributed by atoms with van der Waals surface area (Å²) in [7, 11) is 0. The number of carbonyl (C=O) groups excluding carboxylic acids is 3. The Bertz CT molecular complexity index is 823. The normalized spacial score (nSPS) is 10.6. The summed E-state index contributed by atoms with van der Waals surface area (Å²) < 4.78 is 5.07. The zero-order valence-corrected chi connectivity index (χ0v) is 15.6. The number of aromatic nitrogens is 1. The van der Waals surface area contributed by atoms with Gasteiger partial charge in [-0.1, -0.05) is 18.2 Å². The standard InChI is InChI=1S/C19H21NO4S/c1-11-7-5-6-8-16(11)25-10-17(23)24-9-15(22)19-12(2)18(14(4)21)13(3)20-19/h5-8,20H,9-10H2,1-4H3. The van der Waals surface area contributed by atoms with Crippen molar-refractivity contribution in [2.75, 3.05) is 12.4 Å². The number of hydrogen-bond donors (Lipinski definition) is 1. The molecule has 25 heavy (non-hydrogen) atoms. The third kappa shape index (κ3) is 4.60. The maximum Gasteiger partial charge on any atom is 0.316 e. The molecule has 2 rings (SSSR count). The summed E-state index contributed by atoms with van der Waals surface area (Å²) >= 11 is 1.38. The van der Waals surface area contributed by atoms with Gasteiger partial charge in [-0.05, 0) is 44.9 Å². The Morgan fingerprint density at radius 2 is 1.80 bits per heavy atom. The third-order valence-electron chi connectivity index (χ3n) is 3.87. The number of benzene rings is 1. The second kappa shape index (κ2) is 8.16. The zero-order valence-electron chi connectivity index (χ0n) is 14.8. The van der Waals surface area contributed by atoms with Crippen molar-refractivity contribution in [2.24, 2.45) is 0 Å². The van der Waals surface area contributed by atoms with Gasteiger partial charge in [-0.15, -0.1) is 11.8 Å². The van der Waals surface area contributed by atoms with Gasteiger partial charge in [0.15, 0.2) is 12.4 Å². The summed E-state index contributed by atoms with van der Waals surface area (Å²) in [6.07, 6.45) is 0. The van der Waals surface area contributed by atoms with Gasteiger partial charge in [0.2, 0.25) is 5.78 Å². The maximum atomic E-state index is 12.3. The monoisotopic (exact) mass is 359 g/mol. The number of carbonyl (C=O) groups is 3. The molecule has 0 amide bonds. The van der Waals surface area contributed by atoms with Crippen molar-refractivity contribution in [3.05, 3.63) is 52.3 Å². The first-order valence-corrected chi connectivity index (χ1v) is 8.87. The van der Waals surface area contributed by atoms with Gasteiger partial charge in [0.1, 0.15) is 0 Å². The second-order valence-electron chi connectivity index (χ2n) is 5.82. The van der Waals surface area contributed by atoms with Crippen LogP contribution in [0, 0.1) is 20.8 Å². The van der Waals surface area contributed by atoms with Gasteiger partial charge in [0.25, 0.3) is 0 Å². The van der Waals surface area contributed by atoms with E-state index in [9.17, 15) is 14.4 Å². The lowest BCUT2D eigenvalue weighted by atomic mass is 10.1. The molecular weight excluding hydrogens is 338 g/mol. The van der Waals surface area contributed by atoms with Gasteiger partial charge in [0, 0.05) is 16.2 Å². The van der Waals surface area contributed by atoms with Gasteiger partial charge in [-0.3, -0.25) is 14.4 Å². The molecule has 0 aliphatic heterocycles. The number of ether oxygens (including phenoxy) is 1. The lowest BCUT2D eigenvalue weighted by Crippen LogP contribution is -2.16. The van der Waals surface area contributed by atoms with Crippen LogP contribution in [0.3, 0.4) is 0 Å². The highest BCUT2D eigenvalue weighted by atomic mass is 32.2. The smallest absolute Gasteiger partial charge is 0.316 e. The fraction of sp³-hybridized carbons (Fsp3) is 0.316. The number of aryl methyl sites for hydroxylation is 2. The number of esters is 1. The largest absolute Gasteiger partial charge is 0.457 e. The average Bonchev–Trinajstić information content (AvgIpc) is 2.86. The molecular formula is C19H21NO4S. The topological polar surface area (TPSA) is 76.2 Å². The minimum absolute atomic E-state index is 0.100. The van der Waals surface area contributed by atoms with E-state index in [-0.39, 0.29) is 23.9 Å². The van der Waals surface area contributed by atoms with Crippen molar-refractivity contribution < 1.29 is 19.1 Å². The molecule has 132 valence electrons. The van der Waals surface area contributed by atoms with Crippen LogP contribution in [0.1, 0.15) is 44.6 Å². The molecule has 0 saturated carbocycles. The van der Waals surface area contributed by atoms with Crippen LogP contribution in [-0.2, 0) is 9.53 Å². The summed E-state index contributed by atoms with van der Waals surface area (Å²) in [5, 5.41) is 0. The Kier molecular flexibility index (Phi) is 6.20. The molecule has 0 spiro atoms. The molecule has 2 aromatic rings. The van der Waals surface area contributed by atoms with Crippen molar-refractivity contribution in [1.82, 2.24) is 4.98 Å². The summed E-state index contributed by atoms with van der Waals surface area (Å²) in [6.45, 7) is 6.54. The van der Waals surface area contributed by atoms with Crippen molar-refractivity contribution in [2.45, 2.75) is 32.6 Å². The summed E-state index contributed by atoms with van der Waals surface area (Å²) in [4.78, 5) is 39.7. The lowest BCUT2D eigenvalue weighted by molar-refractivity contribution is -0.139. The van der Waals surface area contributed by atoms with Gasteiger partial charge in [-0.2, -0.15) is 0 Å². The van der Waals surface area contributed by atoms with E-state index in [1.54, 1.807) is 13.8 Å². The fourth-order valence-electron chi connectivity index (χ4n) is 2.67. The predicted octanol–water partition coefficient (Wildman–Crippen LogP) is 3.66. The van der Waals surface area contributed by atoms with Gasteiger partial charge in [-0.25, -0.2) is 0 Å². The summed E-state index contributed by atoms with van der Waals surface area (Å²) in [5.74, 6) is -0.756. The Labute approximate surface area is 151 Å². The van der Waals surface area contributed by atoms with Crippen LogP contribution >= 0.6 is 11.8 Å². The van der Waals surface area contributed by atoms with Gasteiger partial charge in [0.05, 0.1) is 11.4 Å². The SMILES string of the molecule is CC(=O)c1c(C)[nH]c(C(=O)COC(=O)CSc2ccccc2C)c1C. The summed E-state index contributed by atoms with van der Waals surface area (Å²) in [6, 6.07) is 7.76. The van der Waals surface area contributed by atoms with E-state index in [4.69, 9.17) is 4.74 Å². The van der Waals surface area contributed by atoms with Crippen LogP contribution in [-0.4, -0.2) is 34.9 Å². The highest BCUT2D eigenvalue weighted by Crippen LogP contribution is 2.22. The minimum Gasteiger partial charge on any atom is -0.457 e. The zero-order chi connectivity index (χ0) is 18.6. The quantitative estimate of drug-likeness (QED) is 0.464. The number of thioether (sulfide) groups is 1. The predicted molar refractivity (Wildman–Crippen MR) is 97.5 cm³/mol. The molecule has 6 heteroatoms. The number of nitrogens with one attached hydrogen (secondary N) is 1. The number of H-pyrrole nitrogens is 1. The number of rotatable bonds is 7. The van der Waals surface area contributed by atoms with Crippen molar-refractivity contribution in [1.29, 1.82) is 0 Å². The highest BCUT2D eigenvalue weighted by molar-refractivity contribution is 8.00. The fourth-order valence-corrected chi connectivity index (χ4v) is 3.50. The number of aromatic amines is 1. The van der Waals surface area contributed by atoms with Crippen LogP contribution in [0.4, 0.5) is 0 Å². The van der Waals surface area contributed by atoms with Gasteiger partial charge >= 0.3 is 5.97 Å². The molecule has 5 nitrogen and oxygen atoms in total. The Morgan fingerprint density at radius 1 is 1.12 bits per heavy atom. The Hall–Kier alpha value is -2.34. The van der Waals surface area contributed by atoms with E-state index in [1.807, 2.05) is 31.2 Å². The van der Waals surface area contributed by atoms with E-state index in [0.29, 0.717) is 22.5 Å². The first kappa shape index (κ1) is 19.0.